The zero-order valence-electron chi connectivity index (χ0n) is 12.9. The first-order chi connectivity index (χ1) is 10.2. The molecule has 0 saturated heterocycles. The normalized spacial score (nSPS) is 21.9. The van der Waals surface area contributed by atoms with Crippen LogP contribution in [0.1, 0.15) is 68.8 Å². The number of ether oxygens (including phenoxy) is 1. The van der Waals surface area contributed by atoms with Gasteiger partial charge in [0.1, 0.15) is 11.4 Å². The maximum absolute atomic E-state index is 5.89. The minimum Gasteiger partial charge on any atom is -0.372 e. The molecule has 21 heavy (non-hydrogen) atoms. The molecule has 0 bridgehead atoms. The number of hydrogen-bond acceptors (Lipinski definition) is 4. The third kappa shape index (κ3) is 2.79. The fraction of sp³-hybridized carbons (Fsp3) is 0.750. The molecule has 0 atom stereocenters. The van der Waals surface area contributed by atoms with Crippen LogP contribution in [0.5, 0.6) is 0 Å². The molecule has 1 heterocycles. The van der Waals surface area contributed by atoms with E-state index in [0.29, 0.717) is 5.92 Å². The summed E-state index contributed by atoms with van der Waals surface area (Å²) in [5.41, 5.74) is 0.981. The zero-order valence-corrected chi connectivity index (χ0v) is 15.1. The number of anilines is 1. The van der Waals surface area contributed by atoms with Gasteiger partial charge in [-0.25, -0.2) is 9.97 Å². The maximum Gasteiger partial charge on any atom is 0.162 e. The standard InChI is InChI=1S/C16H24IN3O/c1-18-14-12(17)13(11-7-3-4-8-11)19-15(20-14)16(21-2)9-5-6-10-16/h11H,3-10H2,1-2H3,(H,18,19,20). The molecule has 2 aliphatic rings. The maximum atomic E-state index is 5.89. The lowest BCUT2D eigenvalue weighted by Crippen LogP contribution is -2.29. The van der Waals surface area contributed by atoms with Crippen LogP contribution in [0.2, 0.25) is 0 Å². The molecule has 0 amide bonds. The lowest BCUT2D eigenvalue weighted by atomic mass is 9.99. The molecular weight excluding hydrogens is 377 g/mol. The summed E-state index contributed by atoms with van der Waals surface area (Å²) in [5.74, 6) is 2.46. The molecule has 3 rings (SSSR count). The molecule has 0 radical (unpaired) electrons. The van der Waals surface area contributed by atoms with Crippen molar-refractivity contribution in [1.29, 1.82) is 0 Å². The third-order valence-electron chi connectivity index (χ3n) is 5.07. The van der Waals surface area contributed by atoms with E-state index in [-0.39, 0.29) is 5.60 Å². The molecule has 5 heteroatoms. The van der Waals surface area contributed by atoms with Gasteiger partial charge in [-0.05, 0) is 61.1 Å². The summed E-state index contributed by atoms with van der Waals surface area (Å²) in [6.07, 6.45) is 9.66. The fourth-order valence-corrected chi connectivity index (χ4v) is 4.72. The zero-order chi connectivity index (χ0) is 14.9. The Morgan fingerprint density at radius 3 is 2.38 bits per heavy atom. The highest BCUT2D eigenvalue weighted by molar-refractivity contribution is 14.1. The highest BCUT2D eigenvalue weighted by Gasteiger charge is 2.40. The number of nitrogens with one attached hydrogen (secondary N) is 1. The van der Waals surface area contributed by atoms with E-state index in [4.69, 9.17) is 14.7 Å². The van der Waals surface area contributed by atoms with E-state index >= 15 is 0 Å². The number of nitrogens with zero attached hydrogens (tertiary/aromatic N) is 2. The van der Waals surface area contributed by atoms with Gasteiger partial charge in [-0.1, -0.05) is 12.8 Å². The Labute approximate surface area is 140 Å². The van der Waals surface area contributed by atoms with Crippen molar-refractivity contribution in [1.82, 2.24) is 9.97 Å². The van der Waals surface area contributed by atoms with E-state index in [9.17, 15) is 0 Å². The summed E-state index contributed by atoms with van der Waals surface area (Å²) in [6, 6.07) is 0. The lowest BCUT2D eigenvalue weighted by Gasteiger charge is -2.27. The molecule has 1 aromatic rings. The van der Waals surface area contributed by atoms with E-state index in [0.717, 1.165) is 24.5 Å². The molecule has 4 nitrogen and oxygen atoms in total. The van der Waals surface area contributed by atoms with Gasteiger partial charge in [-0.15, -0.1) is 0 Å². The van der Waals surface area contributed by atoms with Crippen molar-refractivity contribution < 1.29 is 4.74 Å². The van der Waals surface area contributed by atoms with Crippen molar-refractivity contribution in [2.45, 2.75) is 62.9 Å². The molecule has 0 aliphatic heterocycles. The molecular formula is C16H24IN3O. The van der Waals surface area contributed by atoms with Crippen LogP contribution < -0.4 is 5.32 Å². The summed E-state index contributed by atoms with van der Waals surface area (Å²) in [5, 5.41) is 3.25. The van der Waals surface area contributed by atoms with Gasteiger partial charge in [0.2, 0.25) is 0 Å². The SMILES string of the molecule is CNc1nc(C2(OC)CCCC2)nc(C2CCCC2)c1I. The van der Waals surface area contributed by atoms with Crippen molar-refractivity contribution in [2.75, 3.05) is 19.5 Å². The Hall–Kier alpha value is -0.430. The molecule has 2 saturated carbocycles. The second-order valence-electron chi connectivity index (χ2n) is 6.23. The molecule has 2 aliphatic carbocycles. The number of halogens is 1. The summed E-state index contributed by atoms with van der Waals surface area (Å²) in [4.78, 5) is 9.80. The molecule has 0 aromatic carbocycles. The second-order valence-corrected chi connectivity index (χ2v) is 7.31. The Balaban J connectivity index is 2.06. The van der Waals surface area contributed by atoms with Crippen LogP contribution in [0.4, 0.5) is 5.82 Å². The van der Waals surface area contributed by atoms with Crippen LogP contribution in [0.3, 0.4) is 0 Å². The molecule has 0 spiro atoms. The van der Waals surface area contributed by atoms with Gasteiger partial charge >= 0.3 is 0 Å². The van der Waals surface area contributed by atoms with E-state index in [1.807, 2.05) is 7.05 Å². The smallest absolute Gasteiger partial charge is 0.162 e. The summed E-state index contributed by atoms with van der Waals surface area (Å²) in [6.45, 7) is 0. The fourth-order valence-electron chi connectivity index (χ4n) is 3.77. The van der Waals surface area contributed by atoms with E-state index in [1.165, 1.54) is 47.8 Å². The van der Waals surface area contributed by atoms with Crippen LogP contribution >= 0.6 is 22.6 Å². The third-order valence-corrected chi connectivity index (χ3v) is 6.13. The predicted octanol–water partition coefficient (Wildman–Crippen LogP) is 4.20. The first-order valence-corrected chi connectivity index (χ1v) is 9.09. The summed E-state index contributed by atoms with van der Waals surface area (Å²) < 4.78 is 7.08. The Morgan fingerprint density at radius 2 is 1.81 bits per heavy atom. The van der Waals surface area contributed by atoms with Crippen LogP contribution in [0.25, 0.3) is 0 Å². The molecule has 1 N–H and O–H groups in total. The van der Waals surface area contributed by atoms with Crippen molar-refractivity contribution in [3.8, 4) is 0 Å². The van der Waals surface area contributed by atoms with E-state index < -0.39 is 0 Å². The van der Waals surface area contributed by atoms with Gasteiger partial charge in [-0.2, -0.15) is 0 Å². The highest BCUT2D eigenvalue weighted by Crippen LogP contribution is 2.43. The van der Waals surface area contributed by atoms with Gasteiger partial charge in [0.25, 0.3) is 0 Å². The van der Waals surface area contributed by atoms with Crippen molar-refractivity contribution >= 4 is 28.4 Å². The number of aromatic nitrogens is 2. The van der Waals surface area contributed by atoms with Crippen molar-refractivity contribution in [3.05, 3.63) is 15.1 Å². The first-order valence-electron chi connectivity index (χ1n) is 8.01. The van der Waals surface area contributed by atoms with Crippen LogP contribution in [-0.2, 0) is 10.3 Å². The van der Waals surface area contributed by atoms with Gasteiger partial charge < -0.3 is 10.1 Å². The minimum absolute atomic E-state index is 0.261. The van der Waals surface area contributed by atoms with Crippen LogP contribution in [0, 0.1) is 3.57 Å². The van der Waals surface area contributed by atoms with Gasteiger partial charge in [0.05, 0.1) is 9.26 Å². The summed E-state index contributed by atoms with van der Waals surface area (Å²) >= 11 is 2.40. The van der Waals surface area contributed by atoms with Crippen LogP contribution in [0.15, 0.2) is 0 Å². The van der Waals surface area contributed by atoms with Crippen molar-refractivity contribution in [3.63, 3.8) is 0 Å². The Bertz CT molecular complexity index is 508. The van der Waals surface area contributed by atoms with Gasteiger partial charge in [0, 0.05) is 20.1 Å². The topological polar surface area (TPSA) is 47.0 Å². The minimum atomic E-state index is -0.261. The predicted molar refractivity (Wildman–Crippen MR) is 92.7 cm³/mol. The monoisotopic (exact) mass is 401 g/mol. The Kier molecular flexibility index (Phi) is 4.69. The number of rotatable bonds is 4. The number of hydrogen-bond donors (Lipinski definition) is 1. The van der Waals surface area contributed by atoms with E-state index in [1.54, 1.807) is 7.11 Å². The van der Waals surface area contributed by atoms with Crippen LogP contribution in [-0.4, -0.2) is 24.1 Å². The molecule has 2 fully saturated rings. The largest absolute Gasteiger partial charge is 0.372 e. The lowest BCUT2D eigenvalue weighted by molar-refractivity contribution is -0.0164. The van der Waals surface area contributed by atoms with Gasteiger partial charge in [-0.3, -0.25) is 0 Å². The molecule has 116 valence electrons. The highest BCUT2D eigenvalue weighted by atomic mass is 127. The molecule has 1 aromatic heterocycles. The quantitative estimate of drug-likeness (QED) is 0.769. The first kappa shape index (κ1) is 15.5. The molecule has 0 unspecified atom stereocenters. The average molecular weight is 401 g/mol. The Morgan fingerprint density at radius 1 is 1.14 bits per heavy atom. The van der Waals surface area contributed by atoms with Crippen molar-refractivity contribution in [2.24, 2.45) is 0 Å². The number of methoxy groups -OCH3 is 1. The van der Waals surface area contributed by atoms with E-state index in [2.05, 4.69) is 27.9 Å². The second kappa shape index (κ2) is 6.36. The average Bonchev–Trinajstić information content (AvgIpc) is 3.19. The summed E-state index contributed by atoms with van der Waals surface area (Å²) in [7, 11) is 3.75. The van der Waals surface area contributed by atoms with Gasteiger partial charge in [0.15, 0.2) is 5.82 Å².